The van der Waals surface area contributed by atoms with Gasteiger partial charge in [-0.2, -0.15) is 0 Å². The summed E-state index contributed by atoms with van der Waals surface area (Å²) in [5.74, 6) is -1.11. The van der Waals surface area contributed by atoms with Crippen molar-refractivity contribution in [3.8, 4) is 5.75 Å². The van der Waals surface area contributed by atoms with Gasteiger partial charge in [0.05, 0.1) is 22.7 Å². The lowest BCUT2D eigenvalue weighted by Gasteiger charge is -2.34. The van der Waals surface area contributed by atoms with Crippen LogP contribution in [0.5, 0.6) is 5.75 Å². The first kappa shape index (κ1) is 31.9. The number of anilines is 1. The monoisotopic (exact) mass is 603 g/mol. The third kappa shape index (κ3) is 8.20. The van der Waals surface area contributed by atoms with Crippen LogP contribution in [0.1, 0.15) is 39.7 Å². The van der Waals surface area contributed by atoms with Gasteiger partial charge in [-0.15, -0.1) is 0 Å². The van der Waals surface area contributed by atoms with Gasteiger partial charge in [0.2, 0.25) is 11.8 Å². The molecule has 0 unspecified atom stereocenters. The highest BCUT2D eigenvalue weighted by Crippen LogP contribution is 2.28. The minimum absolute atomic E-state index is 0.00481. The molecule has 1 N–H and O–H groups in total. The van der Waals surface area contributed by atoms with E-state index < -0.39 is 39.9 Å². The molecule has 2 amide bonds. The molecule has 3 aromatic rings. The Morgan fingerprint density at radius 3 is 2.20 bits per heavy atom. The Balaban J connectivity index is 2.08. The minimum Gasteiger partial charge on any atom is -0.497 e. The molecule has 3 rings (SSSR count). The lowest BCUT2D eigenvalue weighted by molar-refractivity contribution is -0.141. The molecule has 0 heterocycles. The molecule has 0 aliphatic carbocycles. The van der Waals surface area contributed by atoms with E-state index in [0.717, 1.165) is 16.4 Å². The molecule has 0 fully saturated rings. The second-order valence-corrected chi connectivity index (χ2v) is 12.7. The van der Waals surface area contributed by atoms with Gasteiger partial charge in [-0.05, 0) is 75.2 Å². The zero-order chi connectivity index (χ0) is 30.4. The number of nitrogens with one attached hydrogen (secondary N) is 1. The summed E-state index contributed by atoms with van der Waals surface area (Å²) in [7, 11) is -2.75. The van der Waals surface area contributed by atoms with E-state index in [1.165, 1.54) is 30.2 Å². The zero-order valence-electron chi connectivity index (χ0n) is 23.7. The molecule has 220 valence electrons. The summed E-state index contributed by atoms with van der Waals surface area (Å²) in [5.41, 5.74) is 0.154. The summed E-state index contributed by atoms with van der Waals surface area (Å²) in [6.07, 6.45) is 0.275. The Bertz CT molecular complexity index is 1460. The van der Waals surface area contributed by atoms with E-state index in [4.69, 9.17) is 16.3 Å². The van der Waals surface area contributed by atoms with E-state index in [2.05, 4.69) is 5.32 Å². The van der Waals surface area contributed by atoms with E-state index in [-0.39, 0.29) is 34.5 Å². The van der Waals surface area contributed by atoms with Gasteiger partial charge in [-0.1, -0.05) is 48.9 Å². The maximum Gasteiger partial charge on any atom is 0.264 e. The molecule has 0 saturated carbocycles. The first-order valence-corrected chi connectivity index (χ1v) is 14.9. The third-order valence-electron chi connectivity index (χ3n) is 6.20. The zero-order valence-corrected chi connectivity index (χ0v) is 25.3. The Morgan fingerprint density at radius 2 is 1.66 bits per heavy atom. The van der Waals surface area contributed by atoms with Crippen molar-refractivity contribution in [1.82, 2.24) is 10.2 Å². The molecular weight excluding hydrogens is 569 g/mol. The molecule has 11 heteroatoms. The van der Waals surface area contributed by atoms with Gasteiger partial charge in [0, 0.05) is 12.1 Å². The molecular formula is C30H35ClFN3O5S. The maximum atomic E-state index is 14.1. The predicted octanol–water partition coefficient (Wildman–Crippen LogP) is 5.41. The highest BCUT2D eigenvalue weighted by atomic mass is 35.5. The van der Waals surface area contributed by atoms with Gasteiger partial charge in [0.1, 0.15) is 24.2 Å². The van der Waals surface area contributed by atoms with Crippen LogP contribution in [0.4, 0.5) is 10.1 Å². The van der Waals surface area contributed by atoms with E-state index in [1.54, 1.807) is 49.4 Å². The van der Waals surface area contributed by atoms with Gasteiger partial charge >= 0.3 is 0 Å². The number of amides is 2. The van der Waals surface area contributed by atoms with Crippen LogP contribution < -0.4 is 14.4 Å². The summed E-state index contributed by atoms with van der Waals surface area (Å²) in [6, 6.07) is 17.1. The van der Waals surface area contributed by atoms with Crippen molar-refractivity contribution in [3.05, 3.63) is 89.2 Å². The van der Waals surface area contributed by atoms with E-state index in [0.29, 0.717) is 11.3 Å². The van der Waals surface area contributed by atoms with E-state index in [9.17, 15) is 22.4 Å². The van der Waals surface area contributed by atoms with Crippen molar-refractivity contribution < 1.29 is 27.1 Å². The summed E-state index contributed by atoms with van der Waals surface area (Å²) in [4.78, 5) is 28.7. The second-order valence-electron chi connectivity index (χ2n) is 10.5. The number of nitrogens with zero attached hydrogens (tertiary/aromatic N) is 2. The average molecular weight is 604 g/mol. The smallest absolute Gasteiger partial charge is 0.264 e. The molecule has 1 atom stereocenters. The number of methoxy groups -OCH3 is 1. The Hall–Kier alpha value is -3.63. The van der Waals surface area contributed by atoms with Crippen molar-refractivity contribution in [2.24, 2.45) is 0 Å². The second kappa shape index (κ2) is 13.4. The first-order chi connectivity index (χ1) is 19.3. The van der Waals surface area contributed by atoms with E-state index >= 15 is 0 Å². The fourth-order valence-electron chi connectivity index (χ4n) is 4.19. The third-order valence-corrected chi connectivity index (χ3v) is 8.28. The van der Waals surface area contributed by atoms with Crippen molar-refractivity contribution in [2.75, 3.05) is 18.0 Å². The molecule has 0 saturated heterocycles. The number of ether oxygens (including phenoxy) is 1. The number of halogens is 2. The molecule has 0 aliphatic rings. The SMILES string of the molecule is CC[C@H](C(=O)NC(C)(C)C)N(Cc1ccc(OC)cc1)C(=O)CN(c1ccc(F)c(Cl)c1)S(=O)(=O)c1ccccc1. The number of carbonyl (C=O) groups excluding carboxylic acids is 2. The summed E-state index contributed by atoms with van der Waals surface area (Å²) in [6.45, 7) is 6.65. The number of hydrogen-bond acceptors (Lipinski definition) is 5. The highest BCUT2D eigenvalue weighted by Gasteiger charge is 2.34. The standard InChI is InChI=1S/C30H35ClFN3O5S/c1-6-27(29(37)33-30(2,3)4)34(19-21-12-15-23(40-5)16-13-21)28(36)20-35(22-14-17-26(32)25(31)18-22)41(38,39)24-10-8-7-9-11-24/h7-18,27H,6,19-20H2,1-5H3,(H,33,37)/t27-/m1/s1. The quantitative estimate of drug-likeness (QED) is 0.316. The Kier molecular flexibility index (Phi) is 10.4. The van der Waals surface area contributed by atoms with Crippen LogP contribution in [0.25, 0.3) is 0 Å². The number of benzene rings is 3. The molecule has 0 aromatic heterocycles. The Labute approximate surface area is 246 Å². The van der Waals surface area contributed by atoms with Crippen LogP contribution in [0.3, 0.4) is 0 Å². The Morgan fingerprint density at radius 1 is 1.02 bits per heavy atom. The normalized spacial score (nSPS) is 12.4. The number of carbonyl (C=O) groups is 2. The first-order valence-electron chi connectivity index (χ1n) is 13.0. The van der Waals surface area contributed by atoms with Crippen LogP contribution in [0.2, 0.25) is 5.02 Å². The molecule has 0 aliphatic heterocycles. The molecule has 0 bridgehead atoms. The lowest BCUT2D eigenvalue weighted by atomic mass is 10.1. The average Bonchev–Trinajstić information content (AvgIpc) is 2.92. The number of hydrogen-bond donors (Lipinski definition) is 1. The van der Waals surface area contributed by atoms with Gasteiger partial charge in [0.15, 0.2) is 0 Å². The van der Waals surface area contributed by atoms with Crippen molar-refractivity contribution in [2.45, 2.75) is 57.1 Å². The topological polar surface area (TPSA) is 96.0 Å². The fraction of sp³-hybridized carbons (Fsp3) is 0.333. The summed E-state index contributed by atoms with van der Waals surface area (Å²) in [5, 5.41) is 2.62. The molecule has 0 radical (unpaired) electrons. The molecule has 8 nitrogen and oxygen atoms in total. The van der Waals surface area contributed by atoms with Crippen LogP contribution in [0.15, 0.2) is 77.7 Å². The van der Waals surface area contributed by atoms with Crippen LogP contribution in [0, 0.1) is 5.82 Å². The van der Waals surface area contributed by atoms with Crippen LogP contribution in [-0.4, -0.2) is 50.4 Å². The highest BCUT2D eigenvalue weighted by molar-refractivity contribution is 7.92. The van der Waals surface area contributed by atoms with Gasteiger partial charge in [-0.3, -0.25) is 13.9 Å². The molecule has 3 aromatic carbocycles. The predicted molar refractivity (Wildman–Crippen MR) is 158 cm³/mol. The van der Waals surface area contributed by atoms with Crippen molar-refractivity contribution in [1.29, 1.82) is 0 Å². The summed E-state index contributed by atoms with van der Waals surface area (Å²) >= 11 is 6.01. The fourth-order valence-corrected chi connectivity index (χ4v) is 5.79. The lowest BCUT2D eigenvalue weighted by Crippen LogP contribution is -2.55. The van der Waals surface area contributed by atoms with Crippen LogP contribution >= 0.6 is 11.6 Å². The van der Waals surface area contributed by atoms with Gasteiger partial charge in [0.25, 0.3) is 10.0 Å². The molecule has 0 spiro atoms. The van der Waals surface area contributed by atoms with Gasteiger partial charge < -0.3 is 15.0 Å². The molecule has 41 heavy (non-hydrogen) atoms. The van der Waals surface area contributed by atoms with E-state index in [1.807, 2.05) is 20.8 Å². The largest absolute Gasteiger partial charge is 0.497 e. The van der Waals surface area contributed by atoms with Gasteiger partial charge in [-0.25, -0.2) is 12.8 Å². The van der Waals surface area contributed by atoms with Crippen molar-refractivity contribution >= 4 is 39.1 Å². The van der Waals surface area contributed by atoms with Crippen LogP contribution in [-0.2, 0) is 26.2 Å². The number of sulfonamides is 1. The summed E-state index contributed by atoms with van der Waals surface area (Å²) < 4.78 is 47.7. The minimum atomic E-state index is -4.29. The number of rotatable bonds is 11. The maximum absolute atomic E-state index is 14.1. The van der Waals surface area contributed by atoms with Crippen molar-refractivity contribution in [3.63, 3.8) is 0 Å².